The number of nitrogens with one attached hydrogen (secondary N) is 2. The van der Waals surface area contributed by atoms with E-state index < -0.39 is 28.1 Å². The Hall–Kier alpha value is -1.80. The van der Waals surface area contributed by atoms with Gasteiger partial charge in [-0.25, -0.2) is 8.78 Å². The van der Waals surface area contributed by atoms with Crippen LogP contribution in [0.25, 0.3) is 0 Å². The van der Waals surface area contributed by atoms with Crippen LogP contribution in [-0.2, 0) is 4.74 Å². The Balaban J connectivity index is 1.27. The van der Waals surface area contributed by atoms with Crippen LogP contribution in [0.4, 0.5) is 20.2 Å². The van der Waals surface area contributed by atoms with E-state index in [1.165, 1.54) is 42.5 Å². The standard InChI is InChI=1S/C24H15Cl5F2N2O2/c25-15-7-10(8-16(26)20(15)27)18-19(24(18,28)29)21-23(35-21)33-13-5-6-17(31)14(9-13)22(34)32-12-3-1-11(30)2-4-12/h1-9,18-19,21,23,33H,(H,32,34). The summed E-state index contributed by atoms with van der Waals surface area (Å²) in [6.45, 7) is 0. The minimum atomic E-state index is -1.09. The van der Waals surface area contributed by atoms with Crippen LogP contribution >= 0.6 is 58.0 Å². The minimum absolute atomic E-state index is 0.185. The van der Waals surface area contributed by atoms with Gasteiger partial charge in [-0.1, -0.05) is 34.8 Å². The van der Waals surface area contributed by atoms with Crippen molar-refractivity contribution < 1.29 is 18.3 Å². The monoisotopic (exact) mass is 576 g/mol. The van der Waals surface area contributed by atoms with Crippen molar-refractivity contribution in [1.29, 1.82) is 0 Å². The molecule has 4 unspecified atom stereocenters. The fourth-order valence-corrected chi connectivity index (χ4v) is 5.65. The number of carbonyl (C=O) groups is 1. The van der Waals surface area contributed by atoms with Crippen LogP contribution in [0.2, 0.25) is 15.1 Å². The lowest BCUT2D eigenvalue weighted by Gasteiger charge is -2.09. The van der Waals surface area contributed by atoms with Crippen molar-refractivity contribution >= 4 is 75.3 Å². The van der Waals surface area contributed by atoms with Crippen LogP contribution in [0.15, 0.2) is 54.6 Å². The summed E-state index contributed by atoms with van der Waals surface area (Å²) in [5.41, 5.74) is 1.36. The average Bonchev–Trinajstić information content (AvgIpc) is 3.68. The lowest BCUT2D eigenvalue weighted by Crippen LogP contribution is -2.15. The fraction of sp³-hybridized carbons (Fsp3) is 0.208. The van der Waals surface area contributed by atoms with Crippen LogP contribution in [0, 0.1) is 17.6 Å². The number of carbonyl (C=O) groups excluding carboxylic acids is 1. The van der Waals surface area contributed by atoms with Gasteiger partial charge in [0.15, 0.2) is 6.23 Å². The molecule has 4 atom stereocenters. The van der Waals surface area contributed by atoms with E-state index in [0.717, 1.165) is 5.56 Å². The summed E-state index contributed by atoms with van der Waals surface area (Å²) in [4.78, 5) is 12.6. The molecule has 11 heteroatoms. The van der Waals surface area contributed by atoms with Crippen molar-refractivity contribution in [2.24, 2.45) is 5.92 Å². The molecule has 0 spiro atoms. The molecular weight excluding hydrogens is 564 g/mol. The Morgan fingerprint density at radius 1 is 0.914 bits per heavy atom. The second kappa shape index (κ2) is 9.25. The number of hydrogen-bond donors (Lipinski definition) is 2. The van der Waals surface area contributed by atoms with Gasteiger partial charge in [-0.15, -0.1) is 23.2 Å². The molecule has 1 saturated heterocycles. The van der Waals surface area contributed by atoms with Crippen LogP contribution < -0.4 is 10.6 Å². The largest absolute Gasteiger partial charge is 0.358 e. The number of epoxide rings is 1. The van der Waals surface area contributed by atoms with Crippen molar-refractivity contribution in [2.75, 3.05) is 10.6 Å². The van der Waals surface area contributed by atoms with Crippen LogP contribution in [0.1, 0.15) is 21.8 Å². The second-order valence-corrected chi connectivity index (χ2v) is 10.9. The lowest BCUT2D eigenvalue weighted by molar-refractivity contribution is 0.102. The normalized spacial score (nSPS) is 24.1. The quantitative estimate of drug-likeness (QED) is 0.178. The lowest BCUT2D eigenvalue weighted by atomic mass is 10.1. The Morgan fingerprint density at radius 2 is 1.54 bits per heavy atom. The molecule has 0 bridgehead atoms. The highest BCUT2D eigenvalue weighted by Crippen LogP contribution is 2.69. The maximum atomic E-state index is 14.3. The number of hydrogen-bond acceptors (Lipinski definition) is 3. The van der Waals surface area contributed by atoms with Crippen molar-refractivity contribution in [3.8, 4) is 0 Å². The zero-order chi connectivity index (χ0) is 25.1. The molecule has 3 aromatic rings. The third-order valence-corrected chi connectivity index (χ3v) is 8.15. The number of alkyl halides is 2. The van der Waals surface area contributed by atoms with Crippen molar-refractivity contribution in [3.63, 3.8) is 0 Å². The van der Waals surface area contributed by atoms with Gasteiger partial charge < -0.3 is 15.4 Å². The number of amides is 1. The summed E-state index contributed by atoms with van der Waals surface area (Å²) in [6.07, 6.45) is -0.775. The Labute approximate surface area is 224 Å². The molecule has 1 aliphatic carbocycles. The van der Waals surface area contributed by atoms with E-state index in [4.69, 9.17) is 62.7 Å². The van der Waals surface area contributed by atoms with E-state index in [9.17, 15) is 13.6 Å². The molecule has 35 heavy (non-hydrogen) atoms. The van der Waals surface area contributed by atoms with Crippen LogP contribution in [0.5, 0.6) is 0 Å². The van der Waals surface area contributed by atoms with E-state index >= 15 is 0 Å². The topological polar surface area (TPSA) is 53.7 Å². The SMILES string of the molecule is O=C(Nc1ccc(F)cc1)c1cc(NC2OC2C2C(c3cc(Cl)c(Cl)c(Cl)c3)C2(Cl)Cl)ccc1F. The third kappa shape index (κ3) is 4.93. The number of ether oxygens (including phenoxy) is 1. The first-order chi connectivity index (χ1) is 16.6. The summed E-state index contributed by atoms with van der Waals surface area (Å²) >= 11 is 31.4. The van der Waals surface area contributed by atoms with E-state index in [1.54, 1.807) is 12.1 Å². The third-order valence-electron chi connectivity index (χ3n) is 5.98. The van der Waals surface area contributed by atoms with Crippen molar-refractivity contribution in [3.05, 3.63) is 92.4 Å². The number of halogens is 7. The van der Waals surface area contributed by atoms with Crippen LogP contribution in [-0.4, -0.2) is 22.6 Å². The van der Waals surface area contributed by atoms with Crippen molar-refractivity contribution in [1.82, 2.24) is 0 Å². The number of rotatable bonds is 6. The summed E-state index contributed by atoms with van der Waals surface area (Å²) < 4.78 is 32.1. The molecule has 2 fully saturated rings. The maximum absolute atomic E-state index is 14.3. The summed E-state index contributed by atoms with van der Waals surface area (Å²) in [7, 11) is 0. The van der Waals surface area contributed by atoms with Crippen molar-refractivity contribution in [2.45, 2.75) is 22.6 Å². The molecule has 5 rings (SSSR count). The number of benzene rings is 3. The van der Waals surface area contributed by atoms with E-state index in [0.29, 0.717) is 21.4 Å². The van der Waals surface area contributed by atoms with E-state index in [-0.39, 0.29) is 28.5 Å². The first kappa shape index (κ1) is 24.9. The average molecular weight is 579 g/mol. The highest BCUT2D eigenvalue weighted by atomic mass is 35.5. The van der Waals surface area contributed by atoms with Gasteiger partial charge in [-0.05, 0) is 60.2 Å². The first-order valence-corrected chi connectivity index (χ1v) is 12.3. The summed E-state index contributed by atoms with van der Waals surface area (Å²) in [5, 5.41) is 6.50. The Kier molecular flexibility index (Phi) is 6.58. The molecule has 1 amide bonds. The molecule has 4 nitrogen and oxygen atoms in total. The maximum Gasteiger partial charge on any atom is 0.258 e. The molecule has 3 aromatic carbocycles. The summed E-state index contributed by atoms with van der Waals surface area (Å²) in [5.74, 6) is -2.36. The van der Waals surface area contributed by atoms with Gasteiger partial charge in [0.2, 0.25) is 0 Å². The van der Waals surface area contributed by atoms with Gasteiger partial charge in [0.1, 0.15) is 22.1 Å². The molecule has 1 saturated carbocycles. The fourth-order valence-electron chi connectivity index (χ4n) is 4.14. The van der Waals surface area contributed by atoms with Gasteiger partial charge in [-0.3, -0.25) is 4.79 Å². The predicted octanol–water partition coefficient (Wildman–Crippen LogP) is 7.90. The molecule has 182 valence electrons. The van der Waals surface area contributed by atoms with Gasteiger partial charge in [0.05, 0.1) is 20.6 Å². The van der Waals surface area contributed by atoms with Gasteiger partial charge in [-0.2, -0.15) is 0 Å². The molecule has 1 aliphatic heterocycles. The second-order valence-electron chi connectivity index (χ2n) is 8.30. The van der Waals surface area contributed by atoms with Crippen LogP contribution in [0.3, 0.4) is 0 Å². The highest BCUT2D eigenvalue weighted by molar-refractivity contribution is 6.52. The molecule has 2 aliphatic rings. The minimum Gasteiger partial charge on any atom is -0.358 e. The zero-order valence-electron chi connectivity index (χ0n) is 17.5. The molecule has 0 aromatic heterocycles. The zero-order valence-corrected chi connectivity index (χ0v) is 21.2. The van der Waals surface area contributed by atoms with Gasteiger partial charge in [0.25, 0.3) is 5.91 Å². The molecule has 1 heterocycles. The number of anilines is 2. The molecule has 2 N–H and O–H groups in total. The molecule has 0 radical (unpaired) electrons. The molecular formula is C24H15Cl5F2N2O2. The smallest absolute Gasteiger partial charge is 0.258 e. The first-order valence-electron chi connectivity index (χ1n) is 10.4. The summed E-state index contributed by atoms with van der Waals surface area (Å²) in [6, 6.07) is 12.5. The van der Waals surface area contributed by atoms with Gasteiger partial charge in [0, 0.05) is 23.2 Å². The predicted molar refractivity (Wildman–Crippen MR) is 135 cm³/mol. The Morgan fingerprint density at radius 3 is 2.20 bits per heavy atom. The Bertz CT molecular complexity index is 1300. The highest BCUT2D eigenvalue weighted by Gasteiger charge is 2.72. The van der Waals surface area contributed by atoms with E-state index in [1.807, 2.05) is 0 Å². The van der Waals surface area contributed by atoms with Gasteiger partial charge >= 0.3 is 0 Å². The van der Waals surface area contributed by atoms with E-state index in [2.05, 4.69) is 10.6 Å².